The quantitative estimate of drug-likeness (QED) is 0.707. The van der Waals surface area contributed by atoms with Crippen molar-refractivity contribution in [3.63, 3.8) is 0 Å². The second-order valence-corrected chi connectivity index (χ2v) is 5.54. The molecule has 0 radical (unpaired) electrons. The Morgan fingerprint density at radius 3 is 2.50 bits per heavy atom. The van der Waals surface area contributed by atoms with Crippen LogP contribution in [0.1, 0.15) is 25.0 Å². The fourth-order valence-corrected chi connectivity index (χ4v) is 1.86. The molecular weight excluding hydrogens is 259 g/mol. The minimum absolute atomic E-state index is 0.263. The van der Waals surface area contributed by atoms with Gasteiger partial charge in [-0.25, -0.2) is 0 Å². The first-order valence-corrected chi connectivity index (χ1v) is 6.25. The second-order valence-electron chi connectivity index (χ2n) is 4.57. The molecule has 0 spiro atoms. The summed E-state index contributed by atoms with van der Waals surface area (Å²) in [5.74, 6) is 0. The molecule has 0 aromatic heterocycles. The van der Waals surface area contributed by atoms with Gasteiger partial charge in [0.15, 0.2) is 0 Å². The maximum atomic E-state index is 6.18. The van der Waals surface area contributed by atoms with Gasteiger partial charge in [-0.2, -0.15) is 0 Å². The number of hydrogen-bond acceptors (Lipinski definition) is 0. The fourth-order valence-electron chi connectivity index (χ4n) is 1.36. The Labute approximate surface area is 99.8 Å². The Morgan fingerprint density at radius 2 is 2.00 bits per heavy atom. The van der Waals surface area contributed by atoms with E-state index in [0.29, 0.717) is 0 Å². The third-order valence-corrected chi connectivity index (χ3v) is 4.11. The Kier molecular flexibility index (Phi) is 4.03. The summed E-state index contributed by atoms with van der Waals surface area (Å²) in [6, 6.07) is 6.27. The molecule has 14 heavy (non-hydrogen) atoms. The largest absolute Gasteiger partial charge is 0.0922 e. The molecule has 1 rings (SSSR count). The lowest BCUT2D eigenvalue weighted by atomic mass is 9.88. The number of alkyl halides is 1. The molecule has 1 aromatic rings. The Bertz CT molecular complexity index is 318. The summed E-state index contributed by atoms with van der Waals surface area (Å²) < 4.78 is 0. The molecule has 0 fully saturated rings. The van der Waals surface area contributed by atoms with Crippen LogP contribution in [-0.4, -0.2) is 5.33 Å². The number of hydrogen-bond donors (Lipinski definition) is 0. The van der Waals surface area contributed by atoms with Gasteiger partial charge >= 0.3 is 0 Å². The molecular formula is C12H16BrCl. The van der Waals surface area contributed by atoms with Crippen LogP contribution in [0.5, 0.6) is 0 Å². The molecule has 0 bridgehead atoms. The lowest BCUT2D eigenvalue weighted by Gasteiger charge is -2.22. The summed E-state index contributed by atoms with van der Waals surface area (Å²) in [7, 11) is 0. The zero-order valence-corrected chi connectivity index (χ0v) is 11.2. The molecule has 0 heterocycles. The molecule has 0 atom stereocenters. The van der Waals surface area contributed by atoms with Crippen molar-refractivity contribution in [2.45, 2.75) is 27.2 Å². The minimum Gasteiger partial charge on any atom is -0.0922 e. The van der Waals surface area contributed by atoms with Crippen LogP contribution < -0.4 is 0 Å². The number of rotatable bonds is 3. The molecule has 0 aliphatic rings. The molecule has 0 N–H and O–H groups in total. The number of benzene rings is 1. The van der Waals surface area contributed by atoms with Gasteiger partial charge in [0.2, 0.25) is 0 Å². The topological polar surface area (TPSA) is 0 Å². The standard InChI is InChI=1S/C12H16BrCl/c1-9-4-5-10(11(14)6-9)7-12(2,3)8-13/h4-6H,7-8H2,1-3H3. The summed E-state index contributed by atoms with van der Waals surface area (Å²) in [5.41, 5.74) is 2.72. The average Bonchev–Trinajstić information content (AvgIpc) is 2.10. The van der Waals surface area contributed by atoms with Crippen LogP contribution in [0, 0.1) is 12.3 Å². The zero-order valence-electron chi connectivity index (χ0n) is 8.90. The first kappa shape index (κ1) is 12.1. The maximum Gasteiger partial charge on any atom is 0.0440 e. The van der Waals surface area contributed by atoms with Crippen molar-refractivity contribution >= 4 is 27.5 Å². The van der Waals surface area contributed by atoms with Gasteiger partial charge in [-0.3, -0.25) is 0 Å². The van der Waals surface area contributed by atoms with Gasteiger partial charge < -0.3 is 0 Å². The van der Waals surface area contributed by atoms with Crippen molar-refractivity contribution in [3.8, 4) is 0 Å². The lowest BCUT2D eigenvalue weighted by Crippen LogP contribution is -2.16. The molecule has 78 valence electrons. The SMILES string of the molecule is Cc1ccc(CC(C)(C)CBr)c(Cl)c1. The molecule has 2 heteroatoms. The van der Waals surface area contributed by atoms with Gasteiger partial charge in [-0.15, -0.1) is 0 Å². The smallest absolute Gasteiger partial charge is 0.0440 e. The van der Waals surface area contributed by atoms with Crippen molar-refractivity contribution in [1.82, 2.24) is 0 Å². The Morgan fingerprint density at radius 1 is 1.36 bits per heavy atom. The van der Waals surface area contributed by atoms with E-state index in [0.717, 1.165) is 16.8 Å². The van der Waals surface area contributed by atoms with Gasteiger partial charge in [-0.1, -0.05) is 53.5 Å². The molecule has 1 aromatic carbocycles. The molecule has 0 nitrogen and oxygen atoms in total. The van der Waals surface area contributed by atoms with E-state index in [-0.39, 0.29) is 5.41 Å². The second kappa shape index (κ2) is 4.67. The summed E-state index contributed by atoms with van der Waals surface area (Å²) in [5, 5.41) is 1.88. The Balaban J connectivity index is 2.87. The number of halogens is 2. The summed E-state index contributed by atoms with van der Waals surface area (Å²) in [6.45, 7) is 6.53. The molecule has 0 saturated heterocycles. The van der Waals surface area contributed by atoms with E-state index in [4.69, 9.17) is 11.6 Å². The van der Waals surface area contributed by atoms with E-state index in [1.54, 1.807) is 0 Å². The Hall–Kier alpha value is -0.0100. The van der Waals surface area contributed by atoms with E-state index in [9.17, 15) is 0 Å². The van der Waals surface area contributed by atoms with Crippen LogP contribution in [0.4, 0.5) is 0 Å². The van der Waals surface area contributed by atoms with Crippen LogP contribution in [0.25, 0.3) is 0 Å². The van der Waals surface area contributed by atoms with Crippen molar-refractivity contribution in [1.29, 1.82) is 0 Å². The average molecular weight is 276 g/mol. The van der Waals surface area contributed by atoms with E-state index in [1.807, 2.05) is 6.07 Å². The molecule has 0 saturated carbocycles. The van der Waals surface area contributed by atoms with E-state index in [1.165, 1.54) is 11.1 Å². The van der Waals surface area contributed by atoms with E-state index >= 15 is 0 Å². The lowest BCUT2D eigenvalue weighted by molar-refractivity contribution is 0.425. The zero-order chi connectivity index (χ0) is 10.8. The van der Waals surface area contributed by atoms with E-state index in [2.05, 4.69) is 48.8 Å². The van der Waals surface area contributed by atoms with Gasteiger partial charge in [0.1, 0.15) is 0 Å². The van der Waals surface area contributed by atoms with Crippen LogP contribution in [0.2, 0.25) is 5.02 Å². The number of aryl methyl sites for hydroxylation is 1. The summed E-state index contributed by atoms with van der Waals surface area (Å²) >= 11 is 9.70. The van der Waals surface area contributed by atoms with Gasteiger partial charge in [0.05, 0.1) is 0 Å². The van der Waals surface area contributed by atoms with Crippen LogP contribution in [0.15, 0.2) is 18.2 Å². The van der Waals surface area contributed by atoms with Crippen molar-refractivity contribution in [3.05, 3.63) is 34.3 Å². The van der Waals surface area contributed by atoms with Gasteiger partial charge in [-0.05, 0) is 36.0 Å². The van der Waals surface area contributed by atoms with Crippen LogP contribution >= 0.6 is 27.5 Å². The van der Waals surface area contributed by atoms with Crippen LogP contribution in [-0.2, 0) is 6.42 Å². The van der Waals surface area contributed by atoms with E-state index < -0.39 is 0 Å². The third kappa shape index (κ3) is 3.29. The molecule has 0 aliphatic carbocycles. The van der Waals surface area contributed by atoms with Crippen LogP contribution in [0.3, 0.4) is 0 Å². The highest BCUT2D eigenvalue weighted by molar-refractivity contribution is 9.09. The van der Waals surface area contributed by atoms with Crippen molar-refractivity contribution in [2.24, 2.45) is 5.41 Å². The normalized spacial score (nSPS) is 11.8. The first-order chi connectivity index (χ1) is 6.44. The molecule has 0 amide bonds. The third-order valence-electron chi connectivity index (χ3n) is 2.24. The highest BCUT2D eigenvalue weighted by Crippen LogP contribution is 2.28. The monoisotopic (exact) mass is 274 g/mol. The molecule has 0 aliphatic heterocycles. The molecule has 0 unspecified atom stereocenters. The van der Waals surface area contributed by atoms with Gasteiger partial charge in [0.25, 0.3) is 0 Å². The predicted molar refractivity (Wildman–Crippen MR) is 67.5 cm³/mol. The fraction of sp³-hybridized carbons (Fsp3) is 0.500. The minimum atomic E-state index is 0.263. The first-order valence-electron chi connectivity index (χ1n) is 4.75. The predicted octanol–water partition coefficient (Wildman–Crippen LogP) is 4.61. The highest BCUT2D eigenvalue weighted by Gasteiger charge is 2.18. The van der Waals surface area contributed by atoms with Gasteiger partial charge in [0, 0.05) is 10.4 Å². The summed E-state index contributed by atoms with van der Waals surface area (Å²) in [4.78, 5) is 0. The maximum absolute atomic E-state index is 6.18. The summed E-state index contributed by atoms with van der Waals surface area (Å²) in [6.07, 6.45) is 1.01. The highest BCUT2D eigenvalue weighted by atomic mass is 79.9. The van der Waals surface area contributed by atoms with Crippen molar-refractivity contribution < 1.29 is 0 Å². The van der Waals surface area contributed by atoms with Crippen molar-refractivity contribution in [2.75, 3.05) is 5.33 Å².